The number of hydrogen-bond donors (Lipinski definition) is 1. The minimum absolute atomic E-state index is 0.158. The van der Waals surface area contributed by atoms with Crippen LogP contribution in [0.3, 0.4) is 0 Å². The summed E-state index contributed by atoms with van der Waals surface area (Å²) in [4.78, 5) is 31.7. The second-order valence-electron chi connectivity index (χ2n) is 8.12. The number of aromatic nitrogens is 1. The molecule has 0 atom stereocenters. The Morgan fingerprint density at radius 3 is 2.86 bits per heavy atom. The maximum absolute atomic E-state index is 12.6. The highest BCUT2D eigenvalue weighted by Gasteiger charge is 2.28. The van der Waals surface area contributed by atoms with E-state index in [0.717, 1.165) is 27.3 Å². The predicted molar refractivity (Wildman–Crippen MR) is 132 cm³/mol. The van der Waals surface area contributed by atoms with Crippen LogP contribution in [0.4, 0.5) is 9.80 Å². The largest absolute Gasteiger partial charge is 0.497 e. The molecule has 0 saturated heterocycles. The summed E-state index contributed by atoms with van der Waals surface area (Å²) in [7, 11) is 1.61. The molecular formula is C26H26N4O4S. The van der Waals surface area contributed by atoms with E-state index in [4.69, 9.17) is 9.47 Å². The van der Waals surface area contributed by atoms with Gasteiger partial charge in [-0.05, 0) is 47.7 Å². The monoisotopic (exact) mass is 490 g/mol. The number of nitrogens with zero attached hydrogens (tertiary/aromatic N) is 3. The lowest BCUT2D eigenvalue weighted by Gasteiger charge is -2.26. The summed E-state index contributed by atoms with van der Waals surface area (Å²) in [5, 5.41) is 13.2. The van der Waals surface area contributed by atoms with E-state index < -0.39 is 0 Å². The van der Waals surface area contributed by atoms with E-state index in [1.807, 2.05) is 36.4 Å². The molecule has 4 rings (SSSR count). The number of rotatable bonds is 8. The number of aryl methyl sites for hydroxylation is 1. The number of nitriles is 1. The topological polar surface area (TPSA) is 105 Å². The Morgan fingerprint density at radius 2 is 2.09 bits per heavy atom. The van der Waals surface area contributed by atoms with Crippen molar-refractivity contribution in [3.8, 4) is 11.8 Å². The number of methoxy groups -OCH3 is 1. The zero-order valence-electron chi connectivity index (χ0n) is 19.5. The van der Waals surface area contributed by atoms with E-state index in [1.54, 1.807) is 24.4 Å². The molecule has 0 unspecified atom stereocenters. The first kappa shape index (κ1) is 24.2. The number of carbonyl (C=O) groups is 2. The Hall–Kier alpha value is -3.90. The molecule has 3 heterocycles. The van der Waals surface area contributed by atoms with Gasteiger partial charge in [-0.25, -0.2) is 4.79 Å². The van der Waals surface area contributed by atoms with Crippen LogP contribution in [-0.4, -0.2) is 42.1 Å². The molecule has 9 heteroatoms. The number of carbonyl (C=O) groups excluding carboxylic acids is 2. The zero-order chi connectivity index (χ0) is 24.6. The van der Waals surface area contributed by atoms with Crippen molar-refractivity contribution in [2.45, 2.75) is 32.2 Å². The van der Waals surface area contributed by atoms with Gasteiger partial charge < -0.3 is 19.7 Å². The normalized spacial score (nSPS) is 12.4. The Kier molecular flexibility index (Phi) is 7.95. The van der Waals surface area contributed by atoms with Gasteiger partial charge in [0.25, 0.3) is 0 Å². The lowest BCUT2D eigenvalue weighted by molar-refractivity contribution is -0.116. The van der Waals surface area contributed by atoms with Crippen LogP contribution >= 0.6 is 11.3 Å². The molecule has 2 amide bonds. The highest BCUT2D eigenvalue weighted by molar-refractivity contribution is 7.16. The SMILES string of the molecule is COc1cccc(CCC(=O)Nc2sc3c(c2C#N)CCN(C(=O)OCCc2cccnc2)C3)c1. The molecule has 0 bridgehead atoms. The third-order valence-corrected chi connectivity index (χ3v) is 6.93. The summed E-state index contributed by atoms with van der Waals surface area (Å²) >= 11 is 1.35. The molecular weight excluding hydrogens is 464 g/mol. The number of fused-ring (bicyclic) bond motifs is 1. The third-order valence-electron chi connectivity index (χ3n) is 5.79. The molecule has 1 aliphatic heterocycles. The van der Waals surface area contributed by atoms with Gasteiger partial charge in [-0.1, -0.05) is 18.2 Å². The van der Waals surface area contributed by atoms with E-state index in [0.29, 0.717) is 42.9 Å². The molecule has 8 nitrogen and oxygen atoms in total. The summed E-state index contributed by atoms with van der Waals surface area (Å²) in [6.45, 7) is 1.10. The first-order chi connectivity index (χ1) is 17.1. The molecule has 35 heavy (non-hydrogen) atoms. The van der Waals surface area contributed by atoms with Gasteiger partial charge in [-0.15, -0.1) is 11.3 Å². The smallest absolute Gasteiger partial charge is 0.410 e. The Balaban J connectivity index is 1.33. The number of pyridine rings is 1. The highest BCUT2D eigenvalue weighted by atomic mass is 32.1. The second-order valence-corrected chi connectivity index (χ2v) is 9.22. The van der Waals surface area contributed by atoms with E-state index >= 15 is 0 Å². The molecule has 0 saturated carbocycles. The Labute approximate surface area is 208 Å². The molecule has 1 aromatic carbocycles. The lowest BCUT2D eigenvalue weighted by atomic mass is 10.0. The molecule has 0 aliphatic carbocycles. The summed E-state index contributed by atoms with van der Waals surface area (Å²) in [5.41, 5.74) is 3.40. The average molecular weight is 491 g/mol. The van der Waals surface area contributed by atoms with Gasteiger partial charge in [-0.2, -0.15) is 5.26 Å². The fourth-order valence-corrected chi connectivity index (χ4v) is 5.16. The summed E-state index contributed by atoms with van der Waals surface area (Å²) in [6.07, 6.45) is 5.08. The van der Waals surface area contributed by atoms with E-state index in [1.165, 1.54) is 11.3 Å². The minimum Gasteiger partial charge on any atom is -0.497 e. The lowest BCUT2D eigenvalue weighted by Crippen LogP contribution is -2.36. The molecule has 180 valence electrons. The average Bonchev–Trinajstić information content (AvgIpc) is 3.24. The van der Waals surface area contributed by atoms with E-state index in [2.05, 4.69) is 16.4 Å². The number of benzene rings is 1. The van der Waals surface area contributed by atoms with Crippen molar-refractivity contribution in [1.82, 2.24) is 9.88 Å². The number of anilines is 1. The van der Waals surface area contributed by atoms with E-state index in [-0.39, 0.29) is 25.0 Å². The standard InChI is InChI=1S/C26H26N4O4S/c1-33-20-6-2-4-18(14-20)7-8-24(31)29-25-22(15-27)21-9-12-30(17-23(21)35-25)26(32)34-13-10-19-5-3-11-28-16-19/h2-6,11,14,16H,7-10,12-13,17H2,1H3,(H,29,31). The Morgan fingerprint density at radius 1 is 1.23 bits per heavy atom. The quantitative estimate of drug-likeness (QED) is 0.504. The van der Waals surface area contributed by atoms with Crippen molar-refractivity contribution in [2.24, 2.45) is 0 Å². The molecule has 2 aromatic heterocycles. The number of amides is 2. The number of ether oxygens (including phenoxy) is 2. The molecule has 0 radical (unpaired) electrons. The van der Waals surface area contributed by atoms with Gasteiger partial charge in [-0.3, -0.25) is 9.78 Å². The van der Waals surface area contributed by atoms with Crippen LogP contribution in [-0.2, 0) is 35.3 Å². The highest BCUT2D eigenvalue weighted by Crippen LogP contribution is 2.37. The van der Waals surface area contributed by atoms with Gasteiger partial charge >= 0.3 is 6.09 Å². The zero-order valence-corrected chi connectivity index (χ0v) is 20.3. The fourth-order valence-electron chi connectivity index (χ4n) is 3.93. The van der Waals surface area contributed by atoms with Crippen LogP contribution in [0.2, 0.25) is 0 Å². The summed E-state index contributed by atoms with van der Waals surface area (Å²) in [6, 6.07) is 13.6. The maximum atomic E-state index is 12.6. The molecule has 1 aliphatic rings. The van der Waals surface area contributed by atoms with Crippen LogP contribution in [0.15, 0.2) is 48.8 Å². The molecule has 0 spiro atoms. The van der Waals surface area contributed by atoms with Crippen LogP contribution in [0.5, 0.6) is 5.75 Å². The number of nitrogens with one attached hydrogen (secondary N) is 1. The fraction of sp³-hybridized carbons (Fsp3) is 0.308. The molecule has 1 N–H and O–H groups in total. The Bertz CT molecular complexity index is 1240. The van der Waals surface area contributed by atoms with Crippen LogP contribution in [0.1, 0.15) is 33.6 Å². The van der Waals surface area contributed by atoms with Crippen molar-refractivity contribution < 1.29 is 19.1 Å². The first-order valence-corrected chi connectivity index (χ1v) is 12.2. The third kappa shape index (κ3) is 6.16. The number of hydrogen-bond acceptors (Lipinski definition) is 7. The predicted octanol–water partition coefficient (Wildman–Crippen LogP) is 4.33. The summed E-state index contributed by atoms with van der Waals surface area (Å²) in [5.74, 6) is 0.593. The van der Waals surface area contributed by atoms with Crippen molar-refractivity contribution in [3.63, 3.8) is 0 Å². The van der Waals surface area contributed by atoms with Crippen molar-refractivity contribution >= 4 is 28.3 Å². The van der Waals surface area contributed by atoms with Crippen LogP contribution in [0, 0.1) is 11.3 Å². The summed E-state index contributed by atoms with van der Waals surface area (Å²) < 4.78 is 10.7. The van der Waals surface area contributed by atoms with Crippen molar-refractivity contribution in [2.75, 3.05) is 25.6 Å². The van der Waals surface area contributed by atoms with E-state index in [9.17, 15) is 14.9 Å². The second kappa shape index (κ2) is 11.5. The first-order valence-electron chi connectivity index (χ1n) is 11.4. The maximum Gasteiger partial charge on any atom is 0.410 e. The molecule has 0 fully saturated rings. The van der Waals surface area contributed by atoms with Gasteiger partial charge in [0.2, 0.25) is 5.91 Å². The molecule has 3 aromatic rings. The number of thiophene rings is 1. The van der Waals surface area contributed by atoms with Crippen molar-refractivity contribution in [1.29, 1.82) is 5.26 Å². The van der Waals surface area contributed by atoms with Gasteiger partial charge in [0.15, 0.2) is 0 Å². The van der Waals surface area contributed by atoms with Crippen LogP contribution < -0.4 is 10.1 Å². The minimum atomic E-state index is -0.379. The van der Waals surface area contributed by atoms with Gasteiger partial charge in [0, 0.05) is 36.7 Å². The van der Waals surface area contributed by atoms with Crippen LogP contribution in [0.25, 0.3) is 0 Å². The van der Waals surface area contributed by atoms with Gasteiger partial charge in [0.1, 0.15) is 16.8 Å². The van der Waals surface area contributed by atoms with Crippen molar-refractivity contribution in [3.05, 3.63) is 75.9 Å². The van der Waals surface area contributed by atoms with Gasteiger partial charge in [0.05, 0.1) is 25.8 Å².